The largest absolute Gasteiger partial charge is 0.491 e. The average Bonchev–Trinajstić information content (AvgIpc) is 2.55. The number of hydrogen-bond acceptors (Lipinski definition) is 7. The number of anilines is 1. The Labute approximate surface area is 143 Å². The number of hydrogen-bond donors (Lipinski definition) is 1. The topological polar surface area (TPSA) is 98.9 Å². The zero-order valence-electron chi connectivity index (χ0n) is 13.0. The van der Waals surface area contributed by atoms with Gasteiger partial charge in [0.1, 0.15) is 0 Å². The SMILES string of the molecule is CCOc1cc(/C=N\Nc2ncccc2[N+](=O)[O-])cc(Cl)c1OC. The van der Waals surface area contributed by atoms with Crippen molar-refractivity contribution in [3.05, 3.63) is 51.2 Å². The second kappa shape index (κ2) is 8.11. The van der Waals surface area contributed by atoms with E-state index in [1.54, 1.807) is 12.1 Å². The van der Waals surface area contributed by atoms with E-state index < -0.39 is 4.92 Å². The van der Waals surface area contributed by atoms with Crippen molar-refractivity contribution in [2.24, 2.45) is 5.10 Å². The lowest BCUT2D eigenvalue weighted by atomic mass is 10.2. The Hall–Kier alpha value is -2.87. The first kappa shape index (κ1) is 17.5. The van der Waals surface area contributed by atoms with Crippen LogP contribution in [0.5, 0.6) is 11.5 Å². The van der Waals surface area contributed by atoms with Crippen LogP contribution >= 0.6 is 11.6 Å². The van der Waals surface area contributed by atoms with E-state index in [0.717, 1.165) is 0 Å². The van der Waals surface area contributed by atoms with Crippen LogP contribution in [0.15, 0.2) is 35.6 Å². The van der Waals surface area contributed by atoms with Gasteiger partial charge in [0.25, 0.3) is 0 Å². The maximum atomic E-state index is 10.9. The first-order chi connectivity index (χ1) is 11.6. The van der Waals surface area contributed by atoms with Crippen LogP contribution in [0.1, 0.15) is 12.5 Å². The first-order valence-corrected chi connectivity index (χ1v) is 7.33. The van der Waals surface area contributed by atoms with E-state index in [-0.39, 0.29) is 11.5 Å². The first-order valence-electron chi connectivity index (χ1n) is 6.95. The van der Waals surface area contributed by atoms with Gasteiger partial charge in [0, 0.05) is 12.3 Å². The van der Waals surface area contributed by atoms with E-state index in [1.165, 1.54) is 31.7 Å². The van der Waals surface area contributed by atoms with Crippen LogP contribution in [0, 0.1) is 10.1 Å². The van der Waals surface area contributed by atoms with Crippen LogP contribution in [-0.2, 0) is 0 Å². The van der Waals surface area contributed by atoms with Crippen molar-refractivity contribution in [1.29, 1.82) is 0 Å². The number of methoxy groups -OCH3 is 1. The molecule has 0 spiro atoms. The van der Waals surface area contributed by atoms with Crippen molar-refractivity contribution in [1.82, 2.24) is 4.98 Å². The summed E-state index contributed by atoms with van der Waals surface area (Å²) in [6, 6.07) is 6.15. The van der Waals surface area contributed by atoms with Gasteiger partial charge >= 0.3 is 5.69 Å². The lowest BCUT2D eigenvalue weighted by molar-refractivity contribution is -0.384. The number of nitrogens with one attached hydrogen (secondary N) is 1. The Morgan fingerprint density at radius 1 is 1.50 bits per heavy atom. The fraction of sp³-hybridized carbons (Fsp3) is 0.200. The molecule has 0 atom stereocenters. The average molecular weight is 351 g/mol. The Bertz CT molecular complexity index is 767. The van der Waals surface area contributed by atoms with E-state index >= 15 is 0 Å². The Kier molecular flexibility index (Phi) is 5.91. The summed E-state index contributed by atoms with van der Waals surface area (Å²) in [5.74, 6) is 0.963. The highest BCUT2D eigenvalue weighted by molar-refractivity contribution is 6.32. The number of benzene rings is 1. The van der Waals surface area contributed by atoms with Gasteiger partial charge in [-0.05, 0) is 30.7 Å². The number of halogens is 1. The normalized spacial score (nSPS) is 10.6. The molecule has 0 aliphatic carbocycles. The van der Waals surface area contributed by atoms with E-state index in [4.69, 9.17) is 21.1 Å². The zero-order chi connectivity index (χ0) is 17.5. The lowest BCUT2D eigenvalue weighted by Crippen LogP contribution is -2.00. The molecule has 0 saturated carbocycles. The van der Waals surface area contributed by atoms with Gasteiger partial charge in [-0.15, -0.1) is 0 Å². The van der Waals surface area contributed by atoms with Gasteiger partial charge in [0.15, 0.2) is 11.5 Å². The molecule has 126 valence electrons. The van der Waals surface area contributed by atoms with Crippen LogP contribution in [0.3, 0.4) is 0 Å². The molecule has 0 amide bonds. The van der Waals surface area contributed by atoms with Crippen LogP contribution in [-0.4, -0.2) is 29.8 Å². The van der Waals surface area contributed by atoms with E-state index in [2.05, 4.69) is 15.5 Å². The third kappa shape index (κ3) is 4.11. The number of hydrazone groups is 1. The number of rotatable bonds is 7. The summed E-state index contributed by atoms with van der Waals surface area (Å²) in [5.41, 5.74) is 3.01. The highest BCUT2D eigenvalue weighted by Crippen LogP contribution is 2.35. The summed E-state index contributed by atoms with van der Waals surface area (Å²) in [6.07, 6.45) is 2.88. The minimum Gasteiger partial charge on any atom is -0.491 e. The fourth-order valence-corrected chi connectivity index (χ4v) is 2.22. The molecular formula is C15H15ClN4O4. The van der Waals surface area contributed by atoms with Gasteiger partial charge in [-0.25, -0.2) is 4.98 Å². The summed E-state index contributed by atoms with van der Waals surface area (Å²) in [6.45, 7) is 2.29. The number of ether oxygens (including phenoxy) is 2. The predicted molar refractivity (Wildman–Crippen MR) is 91.3 cm³/mol. The van der Waals surface area contributed by atoms with E-state index in [1.807, 2.05) is 6.92 Å². The van der Waals surface area contributed by atoms with Gasteiger partial charge in [-0.3, -0.25) is 15.5 Å². The number of nitro groups is 1. The molecule has 2 rings (SSSR count). The summed E-state index contributed by atoms with van der Waals surface area (Å²) in [5, 5.41) is 15.2. The Balaban J connectivity index is 2.22. The molecule has 0 unspecified atom stereocenters. The molecule has 0 aliphatic rings. The summed E-state index contributed by atoms with van der Waals surface area (Å²) >= 11 is 6.14. The molecule has 1 aromatic heterocycles. The standard InChI is InChI=1S/C15H15ClN4O4/c1-3-24-13-8-10(7-11(16)14(13)23-2)9-18-19-15-12(20(21)22)5-4-6-17-15/h4-9H,3H2,1-2H3,(H,17,19)/b18-9-. The number of nitrogens with zero attached hydrogens (tertiary/aromatic N) is 3. The summed E-state index contributed by atoms with van der Waals surface area (Å²) < 4.78 is 10.7. The van der Waals surface area contributed by atoms with Crippen molar-refractivity contribution >= 4 is 29.3 Å². The van der Waals surface area contributed by atoms with Gasteiger partial charge in [0.05, 0.1) is 29.9 Å². The van der Waals surface area contributed by atoms with Crippen LogP contribution < -0.4 is 14.9 Å². The second-order valence-electron chi connectivity index (χ2n) is 4.47. The molecular weight excluding hydrogens is 336 g/mol. The molecule has 0 bridgehead atoms. The van der Waals surface area contributed by atoms with Crippen molar-refractivity contribution in [2.75, 3.05) is 19.1 Å². The molecule has 0 fully saturated rings. The monoisotopic (exact) mass is 350 g/mol. The maximum absolute atomic E-state index is 10.9. The van der Waals surface area contributed by atoms with Crippen molar-refractivity contribution < 1.29 is 14.4 Å². The quantitative estimate of drug-likeness (QED) is 0.466. The van der Waals surface area contributed by atoms with E-state index in [9.17, 15) is 10.1 Å². The third-order valence-electron chi connectivity index (χ3n) is 2.90. The Morgan fingerprint density at radius 3 is 2.96 bits per heavy atom. The minimum absolute atomic E-state index is 0.0448. The van der Waals surface area contributed by atoms with Gasteiger partial charge < -0.3 is 9.47 Å². The van der Waals surface area contributed by atoms with Crippen molar-refractivity contribution in [3.8, 4) is 11.5 Å². The molecule has 9 heteroatoms. The van der Waals surface area contributed by atoms with Gasteiger partial charge in [-0.1, -0.05) is 11.6 Å². The highest BCUT2D eigenvalue weighted by Gasteiger charge is 2.13. The fourth-order valence-electron chi connectivity index (χ4n) is 1.92. The molecule has 1 N–H and O–H groups in total. The van der Waals surface area contributed by atoms with Crippen molar-refractivity contribution in [3.63, 3.8) is 0 Å². The smallest absolute Gasteiger partial charge is 0.313 e. The molecule has 0 aliphatic heterocycles. The van der Waals surface area contributed by atoms with Crippen molar-refractivity contribution in [2.45, 2.75) is 6.92 Å². The number of pyridine rings is 1. The second-order valence-corrected chi connectivity index (χ2v) is 4.87. The number of aromatic nitrogens is 1. The third-order valence-corrected chi connectivity index (χ3v) is 3.18. The highest BCUT2D eigenvalue weighted by atomic mass is 35.5. The molecule has 1 aromatic carbocycles. The molecule has 0 radical (unpaired) electrons. The molecule has 24 heavy (non-hydrogen) atoms. The summed E-state index contributed by atoms with van der Waals surface area (Å²) in [7, 11) is 1.50. The molecule has 0 saturated heterocycles. The molecule has 2 aromatic rings. The molecule has 1 heterocycles. The van der Waals surface area contributed by atoms with Gasteiger partial charge in [-0.2, -0.15) is 5.10 Å². The maximum Gasteiger partial charge on any atom is 0.313 e. The zero-order valence-corrected chi connectivity index (χ0v) is 13.8. The minimum atomic E-state index is -0.539. The molecule has 8 nitrogen and oxygen atoms in total. The van der Waals surface area contributed by atoms with Crippen LogP contribution in [0.25, 0.3) is 0 Å². The van der Waals surface area contributed by atoms with E-state index in [0.29, 0.717) is 28.7 Å². The van der Waals surface area contributed by atoms with Gasteiger partial charge in [0.2, 0.25) is 5.82 Å². The Morgan fingerprint density at radius 2 is 2.29 bits per heavy atom. The lowest BCUT2D eigenvalue weighted by Gasteiger charge is -2.11. The predicted octanol–water partition coefficient (Wildman–Crippen LogP) is 3.50. The van der Waals surface area contributed by atoms with Crippen LogP contribution in [0.4, 0.5) is 11.5 Å². The van der Waals surface area contributed by atoms with Crippen LogP contribution in [0.2, 0.25) is 5.02 Å². The summed E-state index contributed by atoms with van der Waals surface area (Å²) in [4.78, 5) is 14.3.